The van der Waals surface area contributed by atoms with Gasteiger partial charge in [-0.3, -0.25) is 4.79 Å². The van der Waals surface area contributed by atoms with Crippen molar-refractivity contribution in [2.45, 2.75) is 0 Å². The number of ketones is 1. The Morgan fingerprint density at radius 2 is 1.56 bits per heavy atom. The van der Waals surface area contributed by atoms with Crippen molar-refractivity contribution < 1.29 is 4.79 Å². The molecule has 0 spiro atoms. The molecule has 0 radical (unpaired) electrons. The van der Waals surface area contributed by atoms with E-state index in [2.05, 4.69) is 5.11 Å². The highest BCUT2D eigenvalue weighted by atomic mass is 16.1. The van der Waals surface area contributed by atoms with E-state index in [1.54, 1.807) is 36.4 Å². The molecule has 0 fully saturated rings. The van der Waals surface area contributed by atoms with Crippen LogP contribution < -0.4 is 0 Å². The summed E-state index contributed by atoms with van der Waals surface area (Å²) >= 11 is 0. The summed E-state index contributed by atoms with van der Waals surface area (Å²) in [5.41, 5.74) is 8.48. The first-order valence-corrected chi connectivity index (χ1v) is 4.89. The first-order valence-electron chi connectivity index (χ1n) is 4.89. The van der Waals surface area contributed by atoms with Crippen LogP contribution in [0.15, 0.2) is 59.7 Å². The molecule has 2 aromatic carbocycles. The highest BCUT2D eigenvalue weighted by Crippen LogP contribution is 2.21. The Morgan fingerprint density at radius 1 is 0.938 bits per heavy atom. The lowest BCUT2D eigenvalue weighted by molar-refractivity contribution is 0.103. The summed E-state index contributed by atoms with van der Waals surface area (Å²) in [6.45, 7) is 0. The van der Waals surface area contributed by atoms with Crippen molar-refractivity contribution in [2.24, 2.45) is 5.11 Å². The zero-order valence-corrected chi connectivity index (χ0v) is 8.55. The Balaban J connectivity index is 2.46. The van der Waals surface area contributed by atoms with E-state index >= 15 is 0 Å². The molecule has 16 heavy (non-hydrogen) atoms. The SMILES string of the molecule is N=Nc1ccccc1C(=O)c1ccccc1. The van der Waals surface area contributed by atoms with Gasteiger partial charge >= 0.3 is 0 Å². The summed E-state index contributed by atoms with van der Waals surface area (Å²) in [6, 6.07) is 15.9. The first-order chi connectivity index (χ1) is 7.83. The Morgan fingerprint density at radius 3 is 2.25 bits per heavy atom. The summed E-state index contributed by atoms with van der Waals surface area (Å²) in [5.74, 6) is -0.104. The largest absolute Gasteiger partial charge is 0.289 e. The minimum atomic E-state index is -0.104. The quantitative estimate of drug-likeness (QED) is 0.611. The molecular weight excluding hydrogens is 200 g/mol. The third-order valence-electron chi connectivity index (χ3n) is 2.31. The molecule has 0 heterocycles. The summed E-state index contributed by atoms with van der Waals surface area (Å²) in [6.07, 6.45) is 0. The van der Waals surface area contributed by atoms with Gasteiger partial charge in [0, 0.05) is 5.56 Å². The minimum Gasteiger partial charge on any atom is -0.289 e. The Labute approximate surface area is 93.3 Å². The van der Waals surface area contributed by atoms with E-state index in [4.69, 9.17) is 5.53 Å². The number of hydrogen-bond acceptors (Lipinski definition) is 3. The third kappa shape index (κ3) is 1.88. The van der Waals surface area contributed by atoms with E-state index in [1.165, 1.54) is 0 Å². The molecule has 3 heteroatoms. The standard InChI is InChI=1S/C13H10N2O/c14-15-12-9-5-4-8-11(12)13(16)10-6-2-1-3-7-10/h1-9,14H. The molecule has 0 aromatic heterocycles. The van der Waals surface area contributed by atoms with Crippen LogP contribution in [0.2, 0.25) is 0 Å². The number of hydrogen-bond donors (Lipinski definition) is 1. The van der Waals surface area contributed by atoms with E-state index < -0.39 is 0 Å². The lowest BCUT2D eigenvalue weighted by Gasteiger charge is -2.03. The molecule has 2 rings (SSSR count). The Hall–Kier alpha value is -2.29. The average molecular weight is 210 g/mol. The van der Waals surface area contributed by atoms with E-state index in [1.807, 2.05) is 18.2 Å². The molecular formula is C13H10N2O. The van der Waals surface area contributed by atoms with Gasteiger partial charge < -0.3 is 0 Å². The molecule has 2 aromatic rings. The fourth-order valence-corrected chi connectivity index (χ4v) is 1.51. The number of para-hydroxylation sites is 1. The maximum atomic E-state index is 12.1. The number of carbonyl (C=O) groups excluding carboxylic acids is 1. The zero-order valence-electron chi connectivity index (χ0n) is 8.55. The van der Waals surface area contributed by atoms with Crippen molar-refractivity contribution in [2.75, 3.05) is 0 Å². The van der Waals surface area contributed by atoms with Gasteiger partial charge in [-0.25, -0.2) is 5.53 Å². The molecule has 0 bridgehead atoms. The van der Waals surface area contributed by atoms with Crippen LogP contribution in [-0.2, 0) is 0 Å². The second-order valence-electron chi connectivity index (χ2n) is 3.32. The predicted octanol–water partition coefficient (Wildman–Crippen LogP) is 3.58. The predicted molar refractivity (Wildman–Crippen MR) is 61.1 cm³/mol. The normalized spacial score (nSPS) is 9.75. The van der Waals surface area contributed by atoms with Crippen LogP contribution in [0.1, 0.15) is 15.9 Å². The van der Waals surface area contributed by atoms with Crippen LogP contribution in [0, 0.1) is 5.53 Å². The number of nitrogens with zero attached hydrogens (tertiary/aromatic N) is 1. The highest BCUT2D eigenvalue weighted by molar-refractivity contribution is 6.11. The molecule has 0 saturated carbocycles. The Bertz CT molecular complexity index is 520. The van der Waals surface area contributed by atoms with E-state index in [0.717, 1.165) is 0 Å². The second-order valence-corrected chi connectivity index (χ2v) is 3.32. The topological polar surface area (TPSA) is 53.3 Å². The van der Waals surface area contributed by atoms with Gasteiger partial charge in [-0.1, -0.05) is 42.5 Å². The monoisotopic (exact) mass is 210 g/mol. The fraction of sp³-hybridized carbons (Fsp3) is 0. The second kappa shape index (κ2) is 4.49. The Kier molecular flexibility index (Phi) is 2.87. The molecule has 0 aliphatic carbocycles. The lowest BCUT2D eigenvalue weighted by Crippen LogP contribution is -2.00. The maximum Gasteiger partial charge on any atom is 0.195 e. The van der Waals surface area contributed by atoms with Gasteiger partial charge in [-0.2, -0.15) is 5.11 Å². The van der Waals surface area contributed by atoms with Crippen LogP contribution in [0.5, 0.6) is 0 Å². The summed E-state index contributed by atoms with van der Waals surface area (Å²) < 4.78 is 0. The molecule has 1 N–H and O–H groups in total. The van der Waals surface area contributed by atoms with Gasteiger partial charge in [0.15, 0.2) is 5.78 Å². The maximum absolute atomic E-state index is 12.1. The number of rotatable bonds is 3. The fourth-order valence-electron chi connectivity index (χ4n) is 1.51. The smallest absolute Gasteiger partial charge is 0.195 e. The third-order valence-corrected chi connectivity index (χ3v) is 2.31. The number of carbonyl (C=O) groups is 1. The number of benzene rings is 2. The van der Waals surface area contributed by atoms with Gasteiger partial charge in [-0.05, 0) is 12.1 Å². The van der Waals surface area contributed by atoms with Crippen molar-refractivity contribution in [3.05, 3.63) is 65.7 Å². The number of nitrogens with one attached hydrogen (secondary N) is 1. The van der Waals surface area contributed by atoms with Crippen molar-refractivity contribution in [3.63, 3.8) is 0 Å². The zero-order chi connectivity index (χ0) is 11.4. The average Bonchev–Trinajstić information content (AvgIpc) is 2.39. The molecule has 3 nitrogen and oxygen atoms in total. The molecule has 0 saturated heterocycles. The molecule has 0 aliphatic rings. The van der Waals surface area contributed by atoms with Crippen molar-refractivity contribution in [3.8, 4) is 0 Å². The first kappa shape index (κ1) is 10.2. The summed E-state index contributed by atoms with van der Waals surface area (Å²) in [7, 11) is 0. The van der Waals surface area contributed by atoms with Gasteiger partial charge in [0.2, 0.25) is 0 Å². The van der Waals surface area contributed by atoms with Gasteiger partial charge in [0.25, 0.3) is 0 Å². The van der Waals surface area contributed by atoms with Crippen LogP contribution in [0.3, 0.4) is 0 Å². The van der Waals surface area contributed by atoms with Gasteiger partial charge in [-0.15, -0.1) is 0 Å². The lowest BCUT2D eigenvalue weighted by atomic mass is 10.0. The van der Waals surface area contributed by atoms with Crippen molar-refractivity contribution >= 4 is 11.5 Å². The minimum absolute atomic E-state index is 0.104. The van der Waals surface area contributed by atoms with Gasteiger partial charge in [0.05, 0.1) is 11.3 Å². The van der Waals surface area contributed by atoms with E-state index in [-0.39, 0.29) is 5.78 Å². The molecule has 0 atom stereocenters. The summed E-state index contributed by atoms with van der Waals surface area (Å²) in [4.78, 5) is 12.1. The van der Waals surface area contributed by atoms with E-state index in [9.17, 15) is 4.79 Å². The van der Waals surface area contributed by atoms with Crippen molar-refractivity contribution in [1.29, 1.82) is 5.53 Å². The van der Waals surface area contributed by atoms with Gasteiger partial charge in [0.1, 0.15) is 0 Å². The van der Waals surface area contributed by atoms with E-state index in [0.29, 0.717) is 16.8 Å². The molecule has 0 aliphatic heterocycles. The van der Waals surface area contributed by atoms with Crippen LogP contribution in [0.25, 0.3) is 0 Å². The van der Waals surface area contributed by atoms with Crippen LogP contribution >= 0.6 is 0 Å². The molecule has 0 amide bonds. The van der Waals surface area contributed by atoms with Crippen LogP contribution in [-0.4, -0.2) is 5.78 Å². The summed E-state index contributed by atoms with van der Waals surface area (Å²) in [5, 5.41) is 3.35. The molecule has 78 valence electrons. The van der Waals surface area contributed by atoms with Crippen LogP contribution in [0.4, 0.5) is 5.69 Å². The highest BCUT2D eigenvalue weighted by Gasteiger charge is 2.11. The molecule has 0 unspecified atom stereocenters. The van der Waals surface area contributed by atoms with Crippen molar-refractivity contribution in [1.82, 2.24) is 0 Å².